The molecule has 0 aliphatic rings. The van der Waals surface area contributed by atoms with Gasteiger partial charge < -0.3 is 19.5 Å². The molecule has 0 fully saturated rings. The van der Waals surface area contributed by atoms with Crippen molar-refractivity contribution in [2.75, 3.05) is 21.3 Å². The summed E-state index contributed by atoms with van der Waals surface area (Å²) in [5, 5.41) is 3.37. The minimum Gasteiger partial charge on any atom is -0.497 e. The Kier molecular flexibility index (Phi) is 6.32. The van der Waals surface area contributed by atoms with Crippen LogP contribution in [0.3, 0.4) is 0 Å². The van der Waals surface area contributed by atoms with Gasteiger partial charge in [-0.2, -0.15) is 0 Å². The van der Waals surface area contributed by atoms with Gasteiger partial charge in [0.1, 0.15) is 5.75 Å². The molecule has 0 saturated heterocycles. The highest BCUT2D eigenvalue weighted by atomic mass is 35.5. The highest BCUT2D eigenvalue weighted by molar-refractivity contribution is 6.31. The molecule has 0 aliphatic carbocycles. The number of carbonyl (C=O) groups excluding carboxylic acids is 1. The second-order valence-corrected chi connectivity index (χ2v) is 5.51. The molecule has 0 aromatic heterocycles. The van der Waals surface area contributed by atoms with Gasteiger partial charge in [0.05, 0.1) is 27.8 Å². The molecule has 2 aromatic rings. The lowest BCUT2D eigenvalue weighted by molar-refractivity contribution is -0.120. The molecule has 0 spiro atoms. The standard InChI is InChI=1S/C18H20ClNO4/c1-22-14-6-4-12(5-7-14)8-18(21)20-11-13-9-16(23-2)17(24-3)10-15(13)19/h4-7,9-10H,8,11H2,1-3H3,(H,20,21). The van der Waals surface area contributed by atoms with Gasteiger partial charge in [-0.3, -0.25) is 4.79 Å². The van der Waals surface area contributed by atoms with E-state index in [9.17, 15) is 4.79 Å². The molecule has 1 amide bonds. The number of hydrogen-bond donors (Lipinski definition) is 1. The maximum atomic E-state index is 12.1. The van der Waals surface area contributed by atoms with Gasteiger partial charge in [0.25, 0.3) is 0 Å². The molecule has 0 saturated carbocycles. The van der Waals surface area contributed by atoms with Crippen molar-refractivity contribution in [1.82, 2.24) is 5.32 Å². The maximum Gasteiger partial charge on any atom is 0.224 e. The SMILES string of the molecule is COc1ccc(CC(=O)NCc2cc(OC)c(OC)cc2Cl)cc1. The number of amides is 1. The number of carbonyl (C=O) groups is 1. The molecule has 0 aliphatic heterocycles. The minimum absolute atomic E-state index is 0.0916. The Morgan fingerprint density at radius 3 is 2.21 bits per heavy atom. The van der Waals surface area contributed by atoms with Gasteiger partial charge in [-0.25, -0.2) is 0 Å². The summed E-state index contributed by atoms with van der Waals surface area (Å²) in [6, 6.07) is 10.8. The molecule has 128 valence electrons. The smallest absolute Gasteiger partial charge is 0.224 e. The monoisotopic (exact) mass is 349 g/mol. The number of rotatable bonds is 7. The second-order valence-electron chi connectivity index (χ2n) is 5.10. The zero-order valence-electron chi connectivity index (χ0n) is 13.9. The van der Waals surface area contributed by atoms with Crippen molar-refractivity contribution in [2.45, 2.75) is 13.0 Å². The van der Waals surface area contributed by atoms with Gasteiger partial charge in [-0.05, 0) is 29.3 Å². The third kappa shape index (κ3) is 4.55. The largest absolute Gasteiger partial charge is 0.497 e. The van der Waals surface area contributed by atoms with Crippen molar-refractivity contribution in [1.29, 1.82) is 0 Å². The van der Waals surface area contributed by atoms with Gasteiger partial charge in [-0.15, -0.1) is 0 Å². The molecule has 6 heteroatoms. The van der Waals surface area contributed by atoms with Gasteiger partial charge in [0, 0.05) is 17.6 Å². The number of benzene rings is 2. The molecule has 2 aromatic carbocycles. The molecule has 1 N–H and O–H groups in total. The molecule has 0 bridgehead atoms. The topological polar surface area (TPSA) is 56.8 Å². The quantitative estimate of drug-likeness (QED) is 0.833. The van der Waals surface area contributed by atoms with Crippen LogP contribution in [0.2, 0.25) is 5.02 Å². The number of ether oxygens (including phenoxy) is 3. The van der Waals surface area contributed by atoms with Crippen molar-refractivity contribution in [3.8, 4) is 17.2 Å². The molecule has 0 atom stereocenters. The van der Waals surface area contributed by atoms with Crippen molar-refractivity contribution in [2.24, 2.45) is 0 Å². The van der Waals surface area contributed by atoms with E-state index in [4.69, 9.17) is 25.8 Å². The summed E-state index contributed by atoms with van der Waals surface area (Å²) in [5.41, 5.74) is 1.67. The summed E-state index contributed by atoms with van der Waals surface area (Å²) in [4.78, 5) is 12.1. The highest BCUT2D eigenvalue weighted by Gasteiger charge is 2.11. The van der Waals surface area contributed by atoms with Crippen LogP contribution < -0.4 is 19.5 Å². The number of nitrogens with one attached hydrogen (secondary N) is 1. The molecule has 0 unspecified atom stereocenters. The van der Waals surface area contributed by atoms with Crippen LogP contribution in [0.25, 0.3) is 0 Å². The van der Waals surface area contributed by atoms with E-state index in [-0.39, 0.29) is 12.3 Å². The number of halogens is 1. The predicted molar refractivity (Wildman–Crippen MR) is 93.1 cm³/mol. The summed E-state index contributed by atoms with van der Waals surface area (Å²) in [5.74, 6) is 1.79. The Morgan fingerprint density at radius 2 is 1.62 bits per heavy atom. The van der Waals surface area contributed by atoms with Gasteiger partial charge in [0.2, 0.25) is 5.91 Å². The second kappa shape index (κ2) is 8.45. The Hall–Kier alpha value is -2.40. The lowest BCUT2D eigenvalue weighted by Crippen LogP contribution is -2.24. The van der Waals surface area contributed by atoms with Gasteiger partial charge >= 0.3 is 0 Å². The van der Waals surface area contributed by atoms with Crippen molar-refractivity contribution >= 4 is 17.5 Å². The van der Waals surface area contributed by atoms with E-state index >= 15 is 0 Å². The van der Waals surface area contributed by atoms with Crippen molar-refractivity contribution in [3.63, 3.8) is 0 Å². The molecule has 24 heavy (non-hydrogen) atoms. The van der Waals surface area contributed by atoms with Crippen LogP contribution in [0.4, 0.5) is 0 Å². The molecule has 5 nitrogen and oxygen atoms in total. The van der Waals surface area contributed by atoms with Crippen LogP contribution in [0.15, 0.2) is 36.4 Å². The van der Waals surface area contributed by atoms with E-state index in [0.29, 0.717) is 23.1 Å². The van der Waals surface area contributed by atoms with Crippen LogP contribution in [0.1, 0.15) is 11.1 Å². The summed E-state index contributed by atoms with van der Waals surface area (Å²) >= 11 is 6.21. The van der Waals surface area contributed by atoms with E-state index in [2.05, 4.69) is 5.32 Å². The van der Waals surface area contributed by atoms with Crippen molar-refractivity contribution in [3.05, 3.63) is 52.5 Å². The fourth-order valence-electron chi connectivity index (χ4n) is 2.22. The molecular weight excluding hydrogens is 330 g/mol. The zero-order chi connectivity index (χ0) is 17.5. The van der Waals surface area contributed by atoms with Crippen LogP contribution in [0, 0.1) is 0 Å². The first kappa shape index (κ1) is 17.9. The summed E-state index contributed by atoms with van der Waals surface area (Å²) in [6.45, 7) is 0.314. The first-order valence-electron chi connectivity index (χ1n) is 7.37. The van der Waals surface area contributed by atoms with Gasteiger partial charge in [0.15, 0.2) is 11.5 Å². The Bertz CT molecular complexity index is 701. The Morgan fingerprint density at radius 1 is 1.00 bits per heavy atom. The molecule has 0 heterocycles. The third-order valence-corrected chi connectivity index (χ3v) is 3.90. The van der Waals surface area contributed by atoms with E-state index < -0.39 is 0 Å². The van der Waals surface area contributed by atoms with Crippen LogP contribution in [-0.4, -0.2) is 27.2 Å². The summed E-state index contributed by atoms with van der Waals surface area (Å²) in [6.07, 6.45) is 0.287. The predicted octanol–water partition coefficient (Wildman–Crippen LogP) is 3.22. The third-order valence-electron chi connectivity index (χ3n) is 3.55. The van der Waals surface area contributed by atoms with Crippen LogP contribution in [-0.2, 0) is 17.8 Å². The summed E-state index contributed by atoms with van der Waals surface area (Å²) in [7, 11) is 4.71. The lowest BCUT2D eigenvalue weighted by atomic mass is 10.1. The van der Waals surface area contributed by atoms with Gasteiger partial charge in [-0.1, -0.05) is 23.7 Å². The normalized spacial score (nSPS) is 10.2. The maximum absolute atomic E-state index is 12.1. The van der Waals surface area contributed by atoms with E-state index in [1.807, 2.05) is 24.3 Å². The Labute approximate surface area is 146 Å². The average molecular weight is 350 g/mol. The van der Waals surface area contributed by atoms with Crippen LogP contribution in [0.5, 0.6) is 17.2 Å². The van der Waals surface area contributed by atoms with E-state index in [1.54, 1.807) is 33.5 Å². The summed E-state index contributed by atoms with van der Waals surface area (Å²) < 4.78 is 15.5. The first-order valence-corrected chi connectivity index (χ1v) is 7.75. The van der Waals surface area contributed by atoms with Crippen molar-refractivity contribution < 1.29 is 19.0 Å². The molecule has 0 radical (unpaired) electrons. The van der Waals surface area contributed by atoms with Crippen LogP contribution >= 0.6 is 11.6 Å². The lowest BCUT2D eigenvalue weighted by Gasteiger charge is -2.12. The average Bonchev–Trinajstić information content (AvgIpc) is 2.61. The highest BCUT2D eigenvalue weighted by Crippen LogP contribution is 2.32. The van der Waals surface area contributed by atoms with E-state index in [0.717, 1.165) is 16.9 Å². The Balaban J connectivity index is 1.98. The molecule has 2 rings (SSSR count). The zero-order valence-corrected chi connectivity index (χ0v) is 14.6. The molecular formula is C18H20ClNO4. The number of hydrogen-bond acceptors (Lipinski definition) is 4. The fraction of sp³-hybridized carbons (Fsp3) is 0.278. The number of methoxy groups -OCH3 is 3. The fourth-order valence-corrected chi connectivity index (χ4v) is 2.44. The first-order chi connectivity index (χ1) is 11.6. The minimum atomic E-state index is -0.0916. The van der Waals surface area contributed by atoms with E-state index in [1.165, 1.54) is 0 Å².